The predicted octanol–water partition coefficient (Wildman–Crippen LogP) is 6.93. The molecule has 0 nitrogen and oxygen atoms in total. The van der Waals surface area contributed by atoms with Crippen LogP contribution < -0.4 is 0 Å². The summed E-state index contributed by atoms with van der Waals surface area (Å²) < 4.78 is 2.18. The molecule has 2 aromatic rings. The Kier molecular flexibility index (Phi) is 5.14. The van der Waals surface area contributed by atoms with E-state index in [0.29, 0.717) is 0 Å². The lowest BCUT2D eigenvalue weighted by molar-refractivity contribution is 1.07. The van der Waals surface area contributed by atoms with E-state index in [4.69, 9.17) is 0 Å². The van der Waals surface area contributed by atoms with Crippen molar-refractivity contribution < 1.29 is 0 Å². The van der Waals surface area contributed by atoms with Gasteiger partial charge in [-0.2, -0.15) is 0 Å². The number of aryl methyl sites for hydroxylation is 2. The normalized spacial score (nSPS) is 12.6. The summed E-state index contributed by atoms with van der Waals surface area (Å²) in [5.74, 6) is 0. The fourth-order valence-electron chi connectivity index (χ4n) is 2.52. The van der Waals surface area contributed by atoms with E-state index in [9.17, 15) is 0 Å². The maximum Gasteiger partial charge on any atom is 0.0650 e. The minimum Gasteiger partial charge on any atom is -0.0786 e. The van der Waals surface area contributed by atoms with E-state index >= 15 is 0 Å². The fraction of sp³-hybridized carbons (Fsp3) is 0.294. The van der Waals surface area contributed by atoms with Crippen LogP contribution in [-0.4, -0.2) is 0 Å². The Morgan fingerprint density at radius 2 is 1.20 bits per heavy atom. The summed E-state index contributed by atoms with van der Waals surface area (Å²) in [5, 5.41) is 0. The summed E-state index contributed by atoms with van der Waals surface area (Å²) >= 11 is 11.0. The predicted molar refractivity (Wildman–Crippen MR) is 98.0 cm³/mol. The van der Waals surface area contributed by atoms with E-state index in [1.807, 2.05) is 0 Å². The zero-order valence-electron chi connectivity index (χ0n) is 12.0. The molecular weight excluding hydrogens is 444 g/mol. The van der Waals surface area contributed by atoms with Gasteiger partial charge in [-0.25, -0.2) is 0 Å². The van der Waals surface area contributed by atoms with Crippen LogP contribution in [0, 0.1) is 27.7 Å². The Bertz CT molecular complexity index is 613. The average molecular weight is 461 g/mol. The SMILES string of the molecule is Cc1cc(C)c(C)c(C(Br)c2cc(Br)cc(Br)c2)c1C. The van der Waals surface area contributed by atoms with E-state index in [0.717, 1.165) is 8.95 Å². The van der Waals surface area contributed by atoms with Crippen molar-refractivity contribution in [3.63, 3.8) is 0 Å². The zero-order valence-corrected chi connectivity index (χ0v) is 16.8. The van der Waals surface area contributed by atoms with E-state index in [2.05, 4.69) is 99.8 Å². The first-order valence-electron chi connectivity index (χ1n) is 6.48. The van der Waals surface area contributed by atoms with Crippen LogP contribution in [0.5, 0.6) is 0 Å². The highest BCUT2D eigenvalue weighted by Gasteiger charge is 2.18. The third-order valence-electron chi connectivity index (χ3n) is 3.86. The number of rotatable bonds is 2. The van der Waals surface area contributed by atoms with Crippen molar-refractivity contribution in [2.45, 2.75) is 32.5 Å². The molecule has 0 aromatic heterocycles. The van der Waals surface area contributed by atoms with Crippen molar-refractivity contribution in [1.29, 1.82) is 0 Å². The lowest BCUT2D eigenvalue weighted by Crippen LogP contribution is -2.03. The molecule has 20 heavy (non-hydrogen) atoms. The van der Waals surface area contributed by atoms with E-state index < -0.39 is 0 Å². The maximum atomic E-state index is 3.89. The molecule has 0 bridgehead atoms. The van der Waals surface area contributed by atoms with Gasteiger partial charge < -0.3 is 0 Å². The van der Waals surface area contributed by atoms with Gasteiger partial charge in [0.15, 0.2) is 0 Å². The van der Waals surface area contributed by atoms with Gasteiger partial charge in [-0.1, -0.05) is 53.9 Å². The highest BCUT2D eigenvalue weighted by Crippen LogP contribution is 2.39. The fourth-order valence-corrected chi connectivity index (χ4v) is 4.80. The Hall–Kier alpha value is -0.120. The van der Waals surface area contributed by atoms with Crippen LogP contribution in [0.4, 0.5) is 0 Å². The van der Waals surface area contributed by atoms with Crippen molar-refractivity contribution in [2.75, 3.05) is 0 Å². The molecule has 0 aliphatic heterocycles. The average Bonchev–Trinajstić information content (AvgIpc) is 2.35. The van der Waals surface area contributed by atoms with Gasteiger partial charge in [0, 0.05) is 8.95 Å². The van der Waals surface area contributed by atoms with Gasteiger partial charge in [0.2, 0.25) is 0 Å². The molecule has 0 saturated heterocycles. The molecule has 0 aliphatic carbocycles. The maximum absolute atomic E-state index is 3.89. The lowest BCUT2D eigenvalue weighted by Gasteiger charge is -2.20. The van der Waals surface area contributed by atoms with Crippen LogP contribution in [-0.2, 0) is 0 Å². The molecule has 0 radical (unpaired) electrons. The summed E-state index contributed by atoms with van der Waals surface area (Å²) in [7, 11) is 0. The van der Waals surface area contributed by atoms with Gasteiger partial charge in [-0.3, -0.25) is 0 Å². The highest BCUT2D eigenvalue weighted by atomic mass is 79.9. The minimum absolute atomic E-state index is 0.204. The summed E-state index contributed by atoms with van der Waals surface area (Å²) in [6, 6.07) is 8.66. The van der Waals surface area contributed by atoms with Crippen LogP contribution in [0.15, 0.2) is 33.2 Å². The van der Waals surface area contributed by atoms with Crippen LogP contribution in [0.3, 0.4) is 0 Å². The molecular formula is C17H17Br3. The quantitative estimate of drug-likeness (QED) is 0.426. The first kappa shape index (κ1) is 16.3. The number of hydrogen-bond acceptors (Lipinski definition) is 0. The first-order chi connectivity index (χ1) is 9.31. The molecule has 1 atom stereocenters. The van der Waals surface area contributed by atoms with E-state index in [-0.39, 0.29) is 4.83 Å². The Labute approximate surface area is 146 Å². The molecule has 0 N–H and O–H groups in total. The van der Waals surface area contributed by atoms with Crippen molar-refractivity contribution in [3.8, 4) is 0 Å². The molecule has 1 unspecified atom stereocenters. The molecule has 0 saturated carbocycles. The van der Waals surface area contributed by atoms with Crippen LogP contribution in [0.2, 0.25) is 0 Å². The third-order valence-corrected chi connectivity index (χ3v) is 5.76. The number of benzene rings is 2. The number of hydrogen-bond donors (Lipinski definition) is 0. The molecule has 106 valence electrons. The topological polar surface area (TPSA) is 0 Å². The van der Waals surface area contributed by atoms with Crippen molar-refractivity contribution in [1.82, 2.24) is 0 Å². The van der Waals surface area contributed by atoms with Gasteiger partial charge >= 0.3 is 0 Å². The van der Waals surface area contributed by atoms with Gasteiger partial charge in [0.1, 0.15) is 0 Å². The second-order valence-corrected chi connectivity index (χ2v) is 7.99. The van der Waals surface area contributed by atoms with Gasteiger partial charge in [-0.05, 0) is 79.3 Å². The summed E-state index contributed by atoms with van der Waals surface area (Å²) in [5.41, 5.74) is 8.07. The van der Waals surface area contributed by atoms with E-state index in [1.54, 1.807) is 0 Å². The van der Waals surface area contributed by atoms with Crippen molar-refractivity contribution in [2.24, 2.45) is 0 Å². The lowest BCUT2D eigenvalue weighted by atomic mass is 9.90. The molecule has 0 spiro atoms. The van der Waals surface area contributed by atoms with Gasteiger partial charge in [0.25, 0.3) is 0 Å². The molecule has 2 rings (SSSR count). The van der Waals surface area contributed by atoms with E-state index in [1.165, 1.54) is 33.4 Å². The van der Waals surface area contributed by atoms with Gasteiger partial charge in [0.05, 0.1) is 4.83 Å². The largest absolute Gasteiger partial charge is 0.0786 e. The standard InChI is InChI=1S/C17H17Br3/c1-9-5-10(2)12(4)16(11(9)3)17(20)13-6-14(18)8-15(19)7-13/h5-8,17H,1-4H3. The zero-order chi connectivity index (χ0) is 15.0. The second-order valence-electron chi connectivity index (χ2n) is 5.24. The van der Waals surface area contributed by atoms with Crippen LogP contribution >= 0.6 is 47.8 Å². The monoisotopic (exact) mass is 458 g/mol. The van der Waals surface area contributed by atoms with Crippen LogP contribution in [0.1, 0.15) is 38.2 Å². The third kappa shape index (κ3) is 3.20. The number of halogens is 3. The van der Waals surface area contributed by atoms with Crippen LogP contribution in [0.25, 0.3) is 0 Å². The second kappa shape index (κ2) is 6.33. The molecule has 0 amide bonds. The summed E-state index contributed by atoms with van der Waals surface area (Å²) in [6.45, 7) is 8.78. The number of alkyl halides is 1. The Morgan fingerprint density at radius 3 is 1.65 bits per heavy atom. The summed E-state index contributed by atoms with van der Waals surface area (Å²) in [6.07, 6.45) is 0. The molecule has 0 heterocycles. The molecule has 0 aliphatic rings. The Morgan fingerprint density at radius 1 is 0.750 bits per heavy atom. The van der Waals surface area contributed by atoms with Gasteiger partial charge in [-0.15, -0.1) is 0 Å². The van der Waals surface area contributed by atoms with Crippen molar-refractivity contribution >= 4 is 47.8 Å². The van der Waals surface area contributed by atoms with Crippen molar-refractivity contribution in [3.05, 3.63) is 66.6 Å². The first-order valence-corrected chi connectivity index (χ1v) is 8.98. The summed E-state index contributed by atoms with van der Waals surface area (Å²) in [4.78, 5) is 0.204. The molecule has 3 heteroatoms. The Balaban J connectivity index is 2.61. The highest BCUT2D eigenvalue weighted by molar-refractivity contribution is 9.11. The molecule has 2 aromatic carbocycles. The molecule has 0 fully saturated rings. The smallest absolute Gasteiger partial charge is 0.0650 e. The minimum atomic E-state index is 0.204.